The van der Waals surface area contributed by atoms with Crippen LogP contribution in [0.4, 0.5) is 0 Å². The second-order valence-corrected chi connectivity index (χ2v) is 5.79. The molecule has 0 spiro atoms. The minimum absolute atomic E-state index is 0.0835. The molecule has 23 heavy (non-hydrogen) atoms. The van der Waals surface area contributed by atoms with E-state index in [1.165, 1.54) is 19.2 Å². The molecular weight excluding hydrogens is 316 g/mol. The molecule has 1 atom stereocenters. The Bertz CT molecular complexity index is 755. The quantitative estimate of drug-likeness (QED) is 0.805. The zero-order valence-electron chi connectivity index (χ0n) is 12.5. The Balaban J connectivity index is 1.88. The molecule has 0 saturated heterocycles. The number of rotatable bonds is 3. The zero-order chi connectivity index (χ0) is 16.4. The molecule has 1 aliphatic rings. The number of ether oxygens (including phenoxy) is 2. The summed E-state index contributed by atoms with van der Waals surface area (Å²) in [7, 11) is 1.28. The van der Waals surface area contributed by atoms with E-state index in [1.54, 1.807) is 0 Å². The molecular formula is C18H15ClO4. The summed E-state index contributed by atoms with van der Waals surface area (Å²) in [5.41, 5.74) is 1.67. The molecule has 0 aromatic heterocycles. The second kappa shape index (κ2) is 6.42. The number of hydrogen-bond acceptors (Lipinski definition) is 4. The van der Waals surface area contributed by atoms with Crippen molar-refractivity contribution in [3.05, 3.63) is 64.2 Å². The fraction of sp³-hybridized carbons (Fsp3) is 0.222. The molecule has 0 N–H and O–H groups in total. The van der Waals surface area contributed by atoms with Crippen molar-refractivity contribution < 1.29 is 19.1 Å². The van der Waals surface area contributed by atoms with Gasteiger partial charge < -0.3 is 9.47 Å². The van der Waals surface area contributed by atoms with Gasteiger partial charge in [0.05, 0.1) is 23.3 Å². The van der Waals surface area contributed by atoms with Crippen molar-refractivity contribution in [2.75, 3.05) is 7.11 Å². The van der Waals surface area contributed by atoms with Crippen molar-refractivity contribution in [3.8, 4) is 5.75 Å². The smallest absolute Gasteiger partial charge is 0.337 e. The summed E-state index contributed by atoms with van der Waals surface area (Å²) in [6.07, 6.45) is 0.614. The number of Topliss-reactive ketones (excluding diaryl/α,β-unsaturated/α-hetero) is 1. The molecule has 0 unspecified atom stereocenters. The number of benzene rings is 2. The van der Waals surface area contributed by atoms with Gasteiger partial charge in [0.15, 0.2) is 5.78 Å². The number of hydrogen-bond donors (Lipinski definition) is 0. The summed E-state index contributed by atoms with van der Waals surface area (Å²) >= 11 is 6.20. The maximum atomic E-state index is 12.4. The summed E-state index contributed by atoms with van der Waals surface area (Å²) in [6, 6.07) is 12.8. The number of carbonyl (C=O) groups excluding carboxylic acids is 2. The minimum atomic E-state index is -0.533. The number of methoxy groups -OCH3 is 1. The van der Waals surface area contributed by atoms with Gasteiger partial charge in [0.2, 0.25) is 0 Å². The summed E-state index contributed by atoms with van der Waals surface area (Å²) in [4.78, 5) is 24.0. The molecule has 0 aliphatic carbocycles. The molecule has 0 saturated carbocycles. The van der Waals surface area contributed by atoms with Crippen molar-refractivity contribution in [2.45, 2.75) is 18.9 Å². The highest BCUT2D eigenvalue weighted by Crippen LogP contribution is 2.36. The number of fused-ring (bicyclic) bond motifs is 1. The number of carbonyl (C=O) groups is 2. The van der Waals surface area contributed by atoms with Crippen molar-refractivity contribution in [1.29, 1.82) is 0 Å². The normalized spacial score (nSPS) is 16.4. The van der Waals surface area contributed by atoms with E-state index in [9.17, 15) is 9.59 Å². The molecule has 2 aromatic carbocycles. The highest BCUT2D eigenvalue weighted by molar-refractivity contribution is 6.33. The highest BCUT2D eigenvalue weighted by Gasteiger charge is 2.29. The topological polar surface area (TPSA) is 52.6 Å². The van der Waals surface area contributed by atoms with Gasteiger partial charge in [-0.2, -0.15) is 0 Å². The van der Waals surface area contributed by atoms with E-state index in [4.69, 9.17) is 16.3 Å². The van der Waals surface area contributed by atoms with Crippen LogP contribution in [0.25, 0.3) is 0 Å². The van der Waals surface area contributed by atoms with Crippen LogP contribution in [0.2, 0.25) is 5.02 Å². The van der Waals surface area contributed by atoms with Gasteiger partial charge in [0.25, 0.3) is 0 Å². The van der Waals surface area contributed by atoms with Crippen molar-refractivity contribution >= 4 is 23.4 Å². The Hall–Kier alpha value is -2.33. The first kappa shape index (κ1) is 15.6. The van der Waals surface area contributed by atoms with Crippen LogP contribution >= 0.6 is 11.6 Å². The van der Waals surface area contributed by atoms with Crippen LogP contribution in [0, 0.1) is 0 Å². The molecule has 118 valence electrons. The fourth-order valence-corrected chi connectivity index (χ4v) is 2.94. The van der Waals surface area contributed by atoms with E-state index >= 15 is 0 Å². The van der Waals surface area contributed by atoms with Gasteiger partial charge in [-0.1, -0.05) is 41.9 Å². The van der Waals surface area contributed by atoms with Crippen LogP contribution in [-0.4, -0.2) is 25.0 Å². The van der Waals surface area contributed by atoms with E-state index in [0.29, 0.717) is 17.7 Å². The third-order valence-electron chi connectivity index (χ3n) is 3.77. The number of esters is 1. The molecule has 0 radical (unpaired) electrons. The maximum Gasteiger partial charge on any atom is 0.337 e. The standard InChI is InChI=1S/C18H15ClO4/c1-22-18(21)12-8-14-16(20)10-13(23-17(14)15(19)9-12)7-11-5-3-2-4-6-11/h2-6,8-9,13H,7,10H2,1H3/t13-/m0/s1. The average Bonchev–Trinajstić information content (AvgIpc) is 2.56. The lowest BCUT2D eigenvalue weighted by molar-refractivity contribution is 0.0600. The lowest BCUT2D eigenvalue weighted by atomic mass is 9.95. The van der Waals surface area contributed by atoms with E-state index in [0.717, 1.165) is 5.56 Å². The third-order valence-corrected chi connectivity index (χ3v) is 4.05. The third kappa shape index (κ3) is 3.22. The lowest BCUT2D eigenvalue weighted by Gasteiger charge is -2.26. The van der Waals surface area contributed by atoms with Gasteiger partial charge >= 0.3 is 5.97 Å². The predicted molar refractivity (Wildman–Crippen MR) is 86.3 cm³/mol. The van der Waals surface area contributed by atoms with Crippen LogP contribution in [-0.2, 0) is 11.2 Å². The Kier molecular flexibility index (Phi) is 4.35. The summed E-state index contributed by atoms with van der Waals surface area (Å²) in [5.74, 6) is -0.273. The minimum Gasteiger partial charge on any atom is -0.487 e. The first-order valence-corrected chi connectivity index (χ1v) is 7.62. The lowest BCUT2D eigenvalue weighted by Crippen LogP contribution is -2.29. The Morgan fingerprint density at radius 2 is 2.04 bits per heavy atom. The number of ketones is 1. The molecule has 0 bridgehead atoms. The van der Waals surface area contributed by atoms with Crippen LogP contribution in [0.3, 0.4) is 0 Å². The number of halogens is 1. The van der Waals surface area contributed by atoms with E-state index in [1.807, 2.05) is 30.3 Å². The molecule has 1 heterocycles. The van der Waals surface area contributed by atoms with Gasteiger partial charge in [0.1, 0.15) is 11.9 Å². The molecule has 4 nitrogen and oxygen atoms in total. The zero-order valence-corrected chi connectivity index (χ0v) is 13.3. The maximum absolute atomic E-state index is 12.4. The second-order valence-electron chi connectivity index (χ2n) is 5.38. The summed E-state index contributed by atoms with van der Waals surface area (Å²) in [5, 5.41) is 0.244. The van der Waals surface area contributed by atoms with Crippen LogP contribution in [0.5, 0.6) is 5.75 Å². The van der Waals surface area contributed by atoms with Crippen molar-refractivity contribution in [3.63, 3.8) is 0 Å². The van der Waals surface area contributed by atoms with E-state index in [-0.39, 0.29) is 28.9 Å². The molecule has 0 amide bonds. The van der Waals surface area contributed by atoms with Gasteiger partial charge in [-0.15, -0.1) is 0 Å². The fourth-order valence-electron chi connectivity index (χ4n) is 2.67. The summed E-state index contributed by atoms with van der Waals surface area (Å²) in [6.45, 7) is 0. The molecule has 1 aliphatic heterocycles. The first-order chi connectivity index (χ1) is 11.1. The van der Waals surface area contributed by atoms with Crippen LogP contribution in [0.15, 0.2) is 42.5 Å². The molecule has 3 rings (SSSR count). The Labute approximate surface area is 139 Å². The van der Waals surface area contributed by atoms with Crippen LogP contribution < -0.4 is 4.74 Å². The van der Waals surface area contributed by atoms with Gasteiger partial charge in [0, 0.05) is 12.8 Å². The predicted octanol–water partition coefficient (Wildman–Crippen LogP) is 3.70. The van der Waals surface area contributed by atoms with Crippen LogP contribution in [0.1, 0.15) is 32.7 Å². The van der Waals surface area contributed by atoms with Crippen molar-refractivity contribution in [1.82, 2.24) is 0 Å². The van der Waals surface area contributed by atoms with E-state index in [2.05, 4.69) is 4.74 Å². The summed E-state index contributed by atoms with van der Waals surface area (Å²) < 4.78 is 10.6. The average molecular weight is 331 g/mol. The SMILES string of the molecule is COC(=O)c1cc(Cl)c2c(c1)C(=O)C[C@H](Cc1ccccc1)O2. The monoisotopic (exact) mass is 330 g/mol. The Morgan fingerprint density at radius 1 is 1.30 bits per heavy atom. The Morgan fingerprint density at radius 3 is 2.74 bits per heavy atom. The van der Waals surface area contributed by atoms with Gasteiger partial charge in [-0.05, 0) is 17.7 Å². The van der Waals surface area contributed by atoms with E-state index < -0.39 is 5.97 Å². The van der Waals surface area contributed by atoms with Gasteiger partial charge in [-0.3, -0.25) is 4.79 Å². The van der Waals surface area contributed by atoms with Gasteiger partial charge in [-0.25, -0.2) is 4.79 Å². The molecule has 0 fully saturated rings. The highest BCUT2D eigenvalue weighted by atomic mass is 35.5. The first-order valence-electron chi connectivity index (χ1n) is 7.24. The molecule has 5 heteroatoms. The molecule has 2 aromatic rings. The largest absolute Gasteiger partial charge is 0.487 e. The van der Waals surface area contributed by atoms with Crippen molar-refractivity contribution in [2.24, 2.45) is 0 Å².